The molecule has 0 aromatic rings. The second kappa shape index (κ2) is 6.60. The Hall–Kier alpha value is -3.04. The molecule has 24 heavy (non-hydrogen) atoms. The zero-order valence-corrected chi connectivity index (χ0v) is 12.9. The van der Waals surface area contributed by atoms with Crippen LogP contribution >= 0.6 is 0 Å². The molecule has 10 heteroatoms. The van der Waals surface area contributed by atoms with Crippen LogP contribution in [-0.2, 0) is 38.2 Å². The molecule has 0 aromatic carbocycles. The van der Waals surface area contributed by atoms with Gasteiger partial charge in [0.1, 0.15) is 0 Å². The highest BCUT2D eigenvalue weighted by Crippen LogP contribution is 2.15. The number of likely N-dealkylation sites (tertiary alicyclic amines) is 2. The SMILES string of the molecule is CN1C(=O)C[C@H](OC(=O)/C=C/C(=O)O[C@H]2CC(=O)N(C)C2=O)C1=O. The van der Waals surface area contributed by atoms with Gasteiger partial charge in [-0.1, -0.05) is 0 Å². The summed E-state index contributed by atoms with van der Waals surface area (Å²) in [6.07, 6.45) is -1.54. The Morgan fingerprint density at radius 1 is 0.833 bits per heavy atom. The highest BCUT2D eigenvalue weighted by atomic mass is 16.6. The van der Waals surface area contributed by atoms with Crippen LogP contribution < -0.4 is 0 Å². The van der Waals surface area contributed by atoms with Crippen LogP contribution in [0.4, 0.5) is 0 Å². The molecule has 0 radical (unpaired) electrons. The van der Waals surface area contributed by atoms with Gasteiger partial charge in [0, 0.05) is 26.2 Å². The van der Waals surface area contributed by atoms with Gasteiger partial charge in [-0.05, 0) is 0 Å². The quantitative estimate of drug-likeness (QED) is 0.332. The molecule has 2 fully saturated rings. The number of amides is 4. The maximum Gasteiger partial charge on any atom is 0.331 e. The minimum absolute atomic E-state index is 0.260. The monoisotopic (exact) mass is 338 g/mol. The molecule has 4 amide bonds. The van der Waals surface area contributed by atoms with E-state index in [4.69, 9.17) is 9.47 Å². The lowest BCUT2D eigenvalue weighted by molar-refractivity contribution is -0.153. The first-order chi connectivity index (χ1) is 11.2. The number of likely N-dealkylation sites (N-methyl/N-ethyl adjacent to an activating group) is 2. The maximum atomic E-state index is 11.6. The number of hydrogen-bond acceptors (Lipinski definition) is 8. The number of esters is 2. The van der Waals surface area contributed by atoms with E-state index < -0.39 is 47.8 Å². The van der Waals surface area contributed by atoms with Crippen molar-refractivity contribution < 1.29 is 38.2 Å². The van der Waals surface area contributed by atoms with Gasteiger partial charge < -0.3 is 9.47 Å². The Morgan fingerprint density at radius 2 is 1.17 bits per heavy atom. The van der Waals surface area contributed by atoms with Gasteiger partial charge in [0.2, 0.25) is 11.8 Å². The van der Waals surface area contributed by atoms with E-state index in [0.717, 1.165) is 9.80 Å². The van der Waals surface area contributed by atoms with E-state index in [1.165, 1.54) is 14.1 Å². The third kappa shape index (κ3) is 3.47. The minimum Gasteiger partial charge on any atom is -0.449 e. The third-order valence-corrected chi connectivity index (χ3v) is 3.55. The molecule has 2 aliphatic heterocycles. The molecule has 0 bridgehead atoms. The molecule has 0 N–H and O–H groups in total. The van der Waals surface area contributed by atoms with E-state index in [1.807, 2.05) is 0 Å². The fourth-order valence-corrected chi connectivity index (χ4v) is 2.12. The van der Waals surface area contributed by atoms with Crippen molar-refractivity contribution in [3.8, 4) is 0 Å². The third-order valence-electron chi connectivity index (χ3n) is 3.55. The highest BCUT2D eigenvalue weighted by Gasteiger charge is 2.39. The summed E-state index contributed by atoms with van der Waals surface area (Å²) in [5.41, 5.74) is 0. The molecule has 2 heterocycles. The van der Waals surface area contributed by atoms with Gasteiger partial charge in [0.05, 0.1) is 12.8 Å². The molecule has 0 spiro atoms. The number of carbonyl (C=O) groups excluding carboxylic acids is 6. The van der Waals surface area contributed by atoms with Crippen molar-refractivity contribution in [3.63, 3.8) is 0 Å². The van der Waals surface area contributed by atoms with Gasteiger partial charge in [-0.3, -0.25) is 29.0 Å². The molecule has 2 rings (SSSR count). The number of ether oxygens (including phenoxy) is 2. The number of hydrogen-bond donors (Lipinski definition) is 0. The number of imide groups is 2. The molecule has 2 aliphatic rings. The molecular formula is C14H14N2O8. The summed E-state index contributed by atoms with van der Waals surface area (Å²) < 4.78 is 9.53. The fraction of sp³-hybridized carbons (Fsp3) is 0.429. The van der Waals surface area contributed by atoms with E-state index in [0.29, 0.717) is 12.2 Å². The van der Waals surface area contributed by atoms with Crippen LogP contribution in [0.15, 0.2) is 12.2 Å². The molecular weight excluding hydrogens is 324 g/mol. The van der Waals surface area contributed by atoms with Crippen LogP contribution in [0.1, 0.15) is 12.8 Å². The molecule has 2 atom stereocenters. The Morgan fingerprint density at radius 3 is 1.42 bits per heavy atom. The van der Waals surface area contributed by atoms with E-state index in [2.05, 4.69) is 0 Å². The topological polar surface area (TPSA) is 127 Å². The van der Waals surface area contributed by atoms with Crippen molar-refractivity contribution >= 4 is 35.6 Å². The number of rotatable bonds is 4. The first-order valence-electron chi connectivity index (χ1n) is 6.90. The lowest BCUT2D eigenvalue weighted by atomic mass is 10.3. The molecule has 10 nitrogen and oxygen atoms in total. The van der Waals surface area contributed by atoms with Crippen LogP contribution in [-0.4, -0.2) is 71.7 Å². The largest absolute Gasteiger partial charge is 0.449 e. The van der Waals surface area contributed by atoms with Crippen molar-refractivity contribution in [1.82, 2.24) is 9.80 Å². The predicted octanol–water partition coefficient (Wildman–Crippen LogP) is -1.86. The van der Waals surface area contributed by atoms with E-state index >= 15 is 0 Å². The average Bonchev–Trinajstić information content (AvgIpc) is 2.90. The fourth-order valence-electron chi connectivity index (χ4n) is 2.12. The summed E-state index contributed by atoms with van der Waals surface area (Å²) in [6.45, 7) is 0. The molecule has 2 saturated heterocycles. The Balaban J connectivity index is 1.85. The smallest absolute Gasteiger partial charge is 0.331 e. The summed E-state index contributed by atoms with van der Waals surface area (Å²) in [7, 11) is 2.53. The molecule has 0 unspecified atom stereocenters. The Labute approximate surface area is 135 Å². The van der Waals surface area contributed by atoms with Crippen molar-refractivity contribution in [2.75, 3.05) is 14.1 Å². The summed E-state index contributed by atoms with van der Waals surface area (Å²) >= 11 is 0. The minimum atomic E-state index is -1.22. The van der Waals surface area contributed by atoms with Crippen LogP contribution in [0.3, 0.4) is 0 Å². The lowest BCUT2D eigenvalue weighted by Gasteiger charge is -2.09. The van der Waals surface area contributed by atoms with Gasteiger partial charge >= 0.3 is 11.9 Å². The van der Waals surface area contributed by atoms with Gasteiger partial charge in [-0.25, -0.2) is 9.59 Å². The normalized spacial score (nSPS) is 24.2. The van der Waals surface area contributed by atoms with Crippen LogP contribution in [0.5, 0.6) is 0 Å². The average molecular weight is 338 g/mol. The van der Waals surface area contributed by atoms with Gasteiger partial charge in [0.25, 0.3) is 11.8 Å². The Kier molecular flexibility index (Phi) is 4.77. The zero-order chi connectivity index (χ0) is 18.0. The molecule has 0 saturated carbocycles. The highest BCUT2D eigenvalue weighted by molar-refractivity contribution is 6.07. The van der Waals surface area contributed by atoms with E-state index in [9.17, 15) is 28.8 Å². The van der Waals surface area contributed by atoms with Crippen molar-refractivity contribution in [2.24, 2.45) is 0 Å². The van der Waals surface area contributed by atoms with Crippen LogP contribution in [0.25, 0.3) is 0 Å². The van der Waals surface area contributed by atoms with Gasteiger partial charge in [-0.15, -0.1) is 0 Å². The van der Waals surface area contributed by atoms with Gasteiger partial charge in [0.15, 0.2) is 12.2 Å². The number of nitrogens with zero attached hydrogens (tertiary/aromatic N) is 2. The van der Waals surface area contributed by atoms with Crippen molar-refractivity contribution in [3.05, 3.63) is 12.2 Å². The van der Waals surface area contributed by atoms with Gasteiger partial charge in [-0.2, -0.15) is 0 Å². The molecule has 0 aliphatic carbocycles. The summed E-state index contributed by atoms with van der Waals surface area (Å²) in [4.78, 5) is 70.4. The van der Waals surface area contributed by atoms with E-state index in [1.54, 1.807) is 0 Å². The number of carbonyl (C=O) groups is 6. The second-order valence-corrected chi connectivity index (χ2v) is 5.17. The summed E-state index contributed by atoms with van der Waals surface area (Å²) in [5, 5.41) is 0. The zero-order valence-electron chi connectivity index (χ0n) is 12.9. The second-order valence-electron chi connectivity index (χ2n) is 5.17. The van der Waals surface area contributed by atoms with Crippen LogP contribution in [0.2, 0.25) is 0 Å². The Bertz CT molecular complexity index is 612. The maximum absolute atomic E-state index is 11.6. The standard InChI is InChI=1S/C14H14N2O8/c1-15-9(17)5-7(13(15)21)23-11(19)3-4-12(20)24-8-6-10(18)16(2)14(8)22/h3-4,7-8H,5-6H2,1-2H3/b4-3+/t7-,8-/m0/s1. The summed E-state index contributed by atoms with van der Waals surface area (Å²) in [5.74, 6) is -4.28. The van der Waals surface area contributed by atoms with Crippen LogP contribution in [0, 0.1) is 0 Å². The van der Waals surface area contributed by atoms with E-state index in [-0.39, 0.29) is 12.8 Å². The predicted molar refractivity (Wildman–Crippen MR) is 73.7 cm³/mol. The molecule has 128 valence electrons. The first-order valence-corrected chi connectivity index (χ1v) is 6.90. The lowest BCUT2D eigenvalue weighted by Crippen LogP contribution is -2.30. The first kappa shape index (κ1) is 17.3. The van der Waals surface area contributed by atoms with Crippen molar-refractivity contribution in [2.45, 2.75) is 25.0 Å². The molecule has 0 aromatic heterocycles. The summed E-state index contributed by atoms with van der Waals surface area (Å²) in [6, 6.07) is 0. The van der Waals surface area contributed by atoms with Crippen molar-refractivity contribution in [1.29, 1.82) is 0 Å².